The molecule has 0 aliphatic carbocycles. The molecule has 0 saturated carbocycles. The van der Waals surface area contributed by atoms with E-state index in [1.165, 1.54) is 12.1 Å². The van der Waals surface area contributed by atoms with Gasteiger partial charge in [0.25, 0.3) is 0 Å². The maximum absolute atomic E-state index is 12.7. The van der Waals surface area contributed by atoms with Gasteiger partial charge < -0.3 is 4.90 Å². The summed E-state index contributed by atoms with van der Waals surface area (Å²) in [6.07, 6.45) is 0. The molecule has 0 atom stereocenters. The van der Waals surface area contributed by atoms with Crippen LogP contribution in [0, 0.1) is 18.7 Å². The van der Waals surface area contributed by atoms with E-state index >= 15 is 0 Å². The van der Waals surface area contributed by atoms with Gasteiger partial charge in [0.15, 0.2) is 0 Å². The van der Waals surface area contributed by atoms with Gasteiger partial charge in [-0.05, 0) is 24.6 Å². The minimum absolute atomic E-state index is 0.0396. The summed E-state index contributed by atoms with van der Waals surface area (Å²) < 4.78 is 12.7. The van der Waals surface area contributed by atoms with Crippen molar-refractivity contribution in [3.63, 3.8) is 0 Å². The van der Waals surface area contributed by atoms with E-state index in [-0.39, 0.29) is 17.6 Å². The second-order valence-corrected chi connectivity index (χ2v) is 4.04. The third kappa shape index (κ3) is 3.33. The smallest absolute Gasteiger partial charge is 0.225 e. The third-order valence-electron chi connectivity index (χ3n) is 2.36. The van der Waals surface area contributed by atoms with Crippen LogP contribution in [-0.4, -0.2) is 17.4 Å². The van der Waals surface area contributed by atoms with E-state index in [0.29, 0.717) is 13.1 Å². The summed E-state index contributed by atoms with van der Waals surface area (Å²) in [5.74, 6) is -0.235. The molecular formula is C13H17FNO. The maximum atomic E-state index is 12.7. The molecule has 0 aliphatic rings. The van der Waals surface area contributed by atoms with E-state index in [1.54, 1.807) is 17.0 Å². The van der Waals surface area contributed by atoms with Crippen LogP contribution in [0.2, 0.25) is 0 Å². The Morgan fingerprint density at radius 1 is 1.38 bits per heavy atom. The van der Waals surface area contributed by atoms with Crippen LogP contribution in [0.5, 0.6) is 0 Å². The largest absolute Gasteiger partial charge is 0.338 e. The minimum Gasteiger partial charge on any atom is -0.338 e. The van der Waals surface area contributed by atoms with E-state index in [9.17, 15) is 9.18 Å². The molecule has 1 aromatic carbocycles. The van der Waals surface area contributed by atoms with Crippen molar-refractivity contribution < 1.29 is 9.18 Å². The van der Waals surface area contributed by atoms with Gasteiger partial charge in [0.2, 0.25) is 5.91 Å². The SMILES string of the molecule is [CH2]CN(Cc1ccc(F)cc1)C(=O)C(C)C. The predicted molar refractivity (Wildman–Crippen MR) is 62.0 cm³/mol. The second-order valence-electron chi connectivity index (χ2n) is 4.04. The molecule has 0 saturated heterocycles. The normalized spacial score (nSPS) is 10.6. The molecule has 0 heterocycles. The Balaban J connectivity index is 2.70. The molecule has 0 aliphatic heterocycles. The molecule has 3 heteroatoms. The zero-order valence-corrected chi connectivity index (χ0v) is 9.74. The Labute approximate surface area is 96.1 Å². The van der Waals surface area contributed by atoms with Gasteiger partial charge in [0.1, 0.15) is 5.82 Å². The van der Waals surface area contributed by atoms with E-state index in [1.807, 2.05) is 13.8 Å². The molecule has 87 valence electrons. The summed E-state index contributed by atoms with van der Waals surface area (Å²) in [7, 11) is 0. The lowest BCUT2D eigenvalue weighted by Gasteiger charge is -2.22. The molecule has 1 rings (SSSR count). The van der Waals surface area contributed by atoms with Crippen molar-refractivity contribution in [3.8, 4) is 0 Å². The van der Waals surface area contributed by atoms with Gasteiger partial charge in [-0.15, -0.1) is 0 Å². The van der Waals surface area contributed by atoms with Crippen LogP contribution >= 0.6 is 0 Å². The summed E-state index contributed by atoms with van der Waals surface area (Å²) >= 11 is 0. The molecule has 1 amide bonds. The van der Waals surface area contributed by atoms with Gasteiger partial charge in [-0.2, -0.15) is 0 Å². The lowest BCUT2D eigenvalue weighted by atomic mass is 10.1. The monoisotopic (exact) mass is 222 g/mol. The highest BCUT2D eigenvalue weighted by Gasteiger charge is 2.15. The molecule has 0 unspecified atom stereocenters. The van der Waals surface area contributed by atoms with Crippen LogP contribution in [-0.2, 0) is 11.3 Å². The zero-order valence-electron chi connectivity index (χ0n) is 9.74. The second kappa shape index (κ2) is 5.64. The van der Waals surface area contributed by atoms with Gasteiger partial charge >= 0.3 is 0 Å². The molecule has 1 aromatic rings. The van der Waals surface area contributed by atoms with Crippen LogP contribution in [0.15, 0.2) is 24.3 Å². The Bertz CT molecular complexity index is 345. The van der Waals surface area contributed by atoms with Gasteiger partial charge in [-0.3, -0.25) is 4.79 Å². The highest BCUT2D eigenvalue weighted by atomic mass is 19.1. The van der Waals surface area contributed by atoms with Crippen LogP contribution in [0.1, 0.15) is 19.4 Å². The Morgan fingerprint density at radius 2 is 1.94 bits per heavy atom. The highest BCUT2D eigenvalue weighted by molar-refractivity contribution is 5.78. The van der Waals surface area contributed by atoms with Gasteiger partial charge in [0.05, 0.1) is 0 Å². The molecular weight excluding hydrogens is 205 g/mol. The topological polar surface area (TPSA) is 20.3 Å². The first kappa shape index (κ1) is 12.7. The summed E-state index contributed by atoms with van der Waals surface area (Å²) in [6.45, 7) is 8.36. The van der Waals surface area contributed by atoms with Gasteiger partial charge in [-0.1, -0.05) is 26.0 Å². The number of carbonyl (C=O) groups excluding carboxylic acids is 1. The number of benzene rings is 1. The van der Waals surface area contributed by atoms with Crippen LogP contribution in [0.3, 0.4) is 0 Å². The molecule has 0 aromatic heterocycles. The molecule has 1 radical (unpaired) electrons. The first-order chi connectivity index (χ1) is 7.54. The number of hydrogen-bond acceptors (Lipinski definition) is 1. The Morgan fingerprint density at radius 3 is 2.38 bits per heavy atom. The standard InChI is InChI=1S/C13H17FNO/c1-4-15(13(16)10(2)3)9-11-5-7-12(14)8-6-11/h5-8,10H,1,4,9H2,2-3H3. The number of rotatable bonds is 4. The summed E-state index contributed by atoms with van der Waals surface area (Å²) in [4.78, 5) is 13.4. The quantitative estimate of drug-likeness (QED) is 0.767. The molecule has 2 nitrogen and oxygen atoms in total. The number of hydrogen-bond donors (Lipinski definition) is 0. The van der Waals surface area contributed by atoms with Crippen LogP contribution < -0.4 is 0 Å². The number of amides is 1. The maximum Gasteiger partial charge on any atom is 0.225 e. The average Bonchev–Trinajstić information content (AvgIpc) is 2.27. The van der Waals surface area contributed by atoms with Crippen molar-refractivity contribution in [1.82, 2.24) is 4.90 Å². The number of nitrogens with zero attached hydrogens (tertiary/aromatic N) is 1. The average molecular weight is 222 g/mol. The number of halogens is 1. The fourth-order valence-corrected chi connectivity index (χ4v) is 1.44. The van der Waals surface area contributed by atoms with Crippen LogP contribution in [0.4, 0.5) is 4.39 Å². The highest BCUT2D eigenvalue weighted by Crippen LogP contribution is 2.09. The van der Waals surface area contributed by atoms with Crippen molar-refractivity contribution in [2.45, 2.75) is 20.4 Å². The first-order valence-corrected chi connectivity index (χ1v) is 5.37. The lowest BCUT2D eigenvalue weighted by Crippen LogP contribution is -2.33. The van der Waals surface area contributed by atoms with E-state index in [4.69, 9.17) is 0 Å². The first-order valence-electron chi connectivity index (χ1n) is 5.37. The molecule has 0 spiro atoms. The lowest BCUT2D eigenvalue weighted by molar-refractivity contribution is -0.134. The minimum atomic E-state index is -0.264. The van der Waals surface area contributed by atoms with Crippen molar-refractivity contribution in [1.29, 1.82) is 0 Å². The fraction of sp³-hybridized carbons (Fsp3) is 0.385. The molecule has 0 N–H and O–H groups in total. The van der Waals surface area contributed by atoms with E-state index in [2.05, 4.69) is 6.92 Å². The van der Waals surface area contributed by atoms with Crippen LogP contribution in [0.25, 0.3) is 0 Å². The Hall–Kier alpha value is -1.38. The van der Waals surface area contributed by atoms with Crippen molar-refractivity contribution >= 4 is 5.91 Å². The van der Waals surface area contributed by atoms with Crippen molar-refractivity contribution in [3.05, 3.63) is 42.6 Å². The third-order valence-corrected chi connectivity index (χ3v) is 2.36. The summed E-state index contributed by atoms with van der Waals surface area (Å²) in [5.41, 5.74) is 0.916. The fourth-order valence-electron chi connectivity index (χ4n) is 1.44. The zero-order chi connectivity index (χ0) is 12.1. The Kier molecular flexibility index (Phi) is 4.47. The summed E-state index contributed by atoms with van der Waals surface area (Å²) in [5, 5.41) is 0. The molecule has 0 fully saturated rings. The number of carbonyl (C=O) groups is 1. The van der Waals surface area contributed by atoms with Gasteiger partial charge in [-0.25, -0.2) is 4.39 Å². The summed E-state index contributed by atoms with van der Waals surface area (Å²) in [6, 6.07) is 6.17. The van der Waals surface area contributed by atoms with Gasteiger partial charge in [0, 0.05) is 19.0 Å². The molecule has 16 heavy (non-hydrogen) atoms. The van der Waals surface area contributed by atoms with Crippen molar-refractivity contribution in [2.75, 3.05) is 6.54 Å². The van der Waals surface area contributed by atoms with Crippen molar-refractivity contribution in [2.24, 2.45) is 5.92 Å². The van der Waals surface area contributed by atoms with E-state index < -0.39 is 0 Å². The molecule has 0 bridgehead atoms. The van der Waals surface area contributed by atoms with E-state index in [0.717, 1.165) is 5.56 Å². The predicted octanol–water partition coefficient (Wildman–Crippen LogP) is 2.64.